The van der Waals surface area contributed by atoms with Crippen molar-refractivity contribution in [1.82, 2.24) is 9.55 Å². The predicted octanol–water partition coefficient (Wildman–Crippen LogP) is 20.6. The first-order valence-electron chi connectivity index (χ1n) is 27.9. The minimum atomic E-state index is -0.274. The molecule has 0 spiro atoms. The molecule has 0 bridgehead atoms. The summed E-state index contributed by atoms with van der Waals surface area (Å²) in [7, 11) is 0. The molecule has 408 valence electrons. The summed E-state index contributed by atoms with van der Waals surface area (Å²) >= 11 is 0. The van der Waals surface area contributed by atoms with Crippen molar-refractivity contribution >= 4 is 44.6 Å². The number of pyridine rings is 1. The van der Waals surface area contributed by atoms with Crippen LogP contribution in [0.3, 0.4) is 0 Å². The van der Waals surface area contributed by atoms with E-state index in [1.807, 2.05) is 30.5 Å². The summed E-state index contributed by atoms with van der Waals surface area (Å²) in [5.41, 5.74) is 18.8. The van der Waals surface area contributed by atoms with E-state index in [0.717, 1.165) is 94.9 Å². The Morgan fingerprint density at radius 3 is 1.73 bits per heavy atom. The fourth-order valence-corrected chi connectivity index (χ4v) is 11.0. The fraction of sp³-hybridized carbons (Fsp3) is 0.189. The van der Waals surface area contributed by atoms with Gasteiger partial charge in [-0.2, -0.15) is 6.07 Å². The molecule has 0 radical (unpaired) electrons. The number of benzene rings is 9. The van der Waals surface area contributed by atoms with Gasteiger partial charge in [-0.25, -0.2) is 9.37 Å². The van der Waals surface area contributed by atoms with Crippen LogP contribution in [0.2, 0.25) is 0 Å². The number of halogens is 1. The van der Waals surface area contributed by atoms with Gasteiger partial charge < -0.3 is 19.1 Å². The number of para-hydroxylation sites is 3. The molecule has 11 aromatic rings. The zero-order valence-electron chi connectivity index (χ0n) is 47.7. The molecule has 7 heteroatoms. The first-order chi connectivity index (χ1) is 38.4. The Morgan fingerprint density at radius 2 is 1.07 bits per heavy atom. The van der Waals surface area contributed by atoms with Gasteiger partial charge in [0.05, 0.1) is 0 Å². The summed E-state index contributed by atoms with van der Waals surface area (Å²) in [5.74, 6) is 2.27. The molecule has 0 saturated carbocycles. The van der Waals surface area contributed by atoms with Crippen LogP contribution in [0.4, 0.5) is 27.1 Å². The third-order valence-corrected chi connectivity index (χ3v) is 15.7. The number of hydrogen-bond acceptors (Lipinski definition) is 4. The quantitative estimate of drug-likeness (QED) is 0.121. The molecule has 0 saturated heterocycles. The molecule has 0 N–H and O–H groups in total. The molecule has 12 rings (SSSR count). The Labute approximate surface area is 492 Å². The molecular weight excluding hydrogens is 1170 g/mol. The first-order valence-corrected chi connectivity index (χ1v) is 27.9. The number of anilines is 4. The Balaban J connectivity index is 0.00000690. The van der Waals surface area contributed by atoms with Crippen molar-refractivity contribution in [2.45, 2.75) is 91.9 Å². The van der Waals surface area contributed by atoms with Gasteiger partial charge in [0.2, 0.25) is 0 Å². The summed E-state index contributed by atoms with van der Waals surface area (Å²) in [6.45, 7) is 24.7. The first kappa shape index (κ1) is 54.9. The van der Waals surface area contributed by atoms with E-state index in [0.29, 0.717) is 23.3 Å². The minimum Gasteiger partial charge on any atom is -0.509 e. The summed E-state index contributed by atoms with van der Waals surface area (Å²) in [6.07, 6.45) is 1.90. The smallest absolute Gasteiger partial charge is 0.135 e. The molecule has 1 aliphatic heterocycles. The third-order valence-electron chi connectivity index (χ3n) is 15.7. The van der Waals surface area contributed by atoms with Gasteiger partial charge in [-0.15, -0.1) is 53.6 Å². The predicted molar refractivity (Wildman–Crippen MR) is 332 cm³/mol. The zero-order valence-corrected chi connectivity index (χ0v) is 49.9. The maximum Gasteiger partial charge on any atom is 0.135 e. The number of aromatic nitrogens is 2. The van der Waals surface area contributed by atoms with E-state index in [1.165, 1.54) is 22.3 Å². The Hall–Kier alpha value is -8.05. The number of nitrogens with zero attached hydrogens (tertiary/aromatic N) is 4. The number of fused-ring (bicyclic) bond motifs is 4. The van der Waals surface area contributed by atoms with Crippen LogP contribution < -0.4 is 14.5 Å². The molecule has 1 aliphatic rings. The van der Waals surface area contributed by atoms with E-state index in [9.17, 15) is 4.39 Å². The Kier molecular flexibility index (Phi) is 14.8. The van der Waals surface area contributed by atoms with E-state index < -0.39 is 0 Å². The molecule has 0 atom stereocenters. The third kappa shape index (κ3) is 10.8. The SMILES string of the molecule is CC(C)c1cc(-c2cc(C(C)(C)C)cc(-c3ccc(F)cc3)c2N2[CH-]N(c3[c-]c(Oc4[c-]c5c(cc4)c4ccccc4n5-c4cc(C(C)(C)C)ccn4)cc(-c4ccc(-c5ccccc5)cc4)c3)c3ccccc32)cc(C(C)C)c1.[Pt]. The van der Waals surface area contributed by atoms with Crippen LogP contribution in [-0.2, 0) is 31.9 Å². The molecule has 81 heavy (non-hydrogen) atoms. The average Bonchev–Trinajstić information content (AvgIpc) is 4.01. The molecule has 0 unspecified atom stereocenters. The van der Waals surface area contributed by atoms with E-state index >= 15 is 0 Å². The van der Waals surface area contributed by atoms with Crippen LogP contribution in [0, 0.1) is 24.6 Å². The summed E-state index contributed by atoms with van der Waals surface area (Å²) in [6, 6.07) is 75.1. The van der Waals surface area contributed by atoms with Crippen LogP contribution in [-0.4, -0.2) is 9.55 Å². The largest absolute Gasteiger partial charge is 0.509 e. The van der Waals surface area contributed by atoms with Crippen LogP contribution in [0.1, 0.15) is 103 Å². The van der Waals surface area contributed by atoms with Gasteiger partial charge >= 0.3 is 0 Å². The zero-order chi connectivity index (χ0) is 55.6. The van der Waals surface area contributed by atoms with E-state index in [4.69, 9.17) is 9.72 Å². The van der Waals surface area contributed by atoms with Gasteiger partial charge in [0.25, 0.3) is 0 Å². The van der Waals surface area contributed by atoms with Crippen molar-refractivity contribution in [3.63, 3.8) is 0 Å². The second kappa shape index (κ2) is 21.8. The van der Waals surface area contributed by atoms with Crippen LogP contribution >= 0.6 is 0 Å². The van der Waals surface area contributed by atoms with Crippen molar-refractivity contribution in [2.24, 2.45) is 0 Å². The van der Waals surface area contributed by atoms with E-state index in [1.54, 1.807) is 12.1 Å². The van der Waals surface area contributed by atoms with Gasteiger partial charge in [0.1, 0.15) is 11.6 Å². The Bertz CT molecular complexity index is 4080. The summed E-state index contributed by atoms with van der Waals surface area (Å²) < 4.78 is 24.2. The average molecular weight is 1240 g/mol. The van der Waals surface area contributed by atoms with Gasteiger partial charge in [-0.3, -0.25) is 0 Å². The van der Waals surface area contributed by atoms with E-state index in [-0.39, 0.29) is 37.7 Å². The van der Waals surface area contributed by atoms with Crippen molar-refractivity contribution < 1.29 is 30.2 Å². The molecule has 0 fully saturated rings. The monoisotopic (exact) mass is 1240 g/mol. The Morgan fingerprint density at radius 1 is 0.494 bits per heavy atom. The maximum atomic E-state index is 14.9. The maximum absolute atomic E-state index is 14.9. The summed E-state index contributed by atoms with van der Waals surface area (Å²) in [4.78, 5) is 9.48. The normalized spacial score (nSPS) is 12.7. The van der Waals surface area contributed by atoms with Gasteiger partial charge in [-0.1, -0.05) is 190 Å². The van der Waals surface area contributed by atoms with Crippen molar-refractivity contribution in [1.29, 1.82) is 0 Å². The minimum absolute atomic E-state index is 0. The van der Waals surface area contributed by atoms with Crippen molar-refractivity contribution in [3.8, 4) is 61.8 Å². The second-order valence-electron chi connectivity index (χ2n) is 24.0. The topological polar surface area (TPSA) is 33.5 Å². The number of hydrogen-bond donors (Lipinski definition) is 0. The molecule has 9 aromatic carbocycles. The molecule has 0 aliphatic carbocycles. The number of ether oxygens (including phenoxy) is 1. The van der Waals surface area contributed by atoms with Crippen LogP contribution in [0.5, 0.6) is 11.5 Å². The van der Waals surface area contributed by atoms with Crippen molar-refractivity contribution in [2.75, 3.05) is 9.80 Å². The molecular formula is C74H66FN4OPt-3. The summed E-state index contributed by atoms with van der Waals surface area (Å²) in [5, 5.41) is 2.17. The standard InChI is InChI=1S/C74H66FN4O.Pt/c1-47(2)53-36-54(48(3)4)38-56(37-53)66-42-58(74(8,9)10)41-65(52-28-30-59(75)31-29-52)72(66)78-46-77(68-22-16-17-23-69(68)78)60-39-55(51-26-24-50(25-27-51)49-18-12-11-13-19-49)40-62(44-60)80-61-32-33-64-63-20-14-15-21-67(63)79(70(64)45-61)71-43-57(34-35-76-71)73(5,6)7;/h11-43,46-48H,1-10H3;/q-3;. The van der Waals surface area contributed by atoms with Crippen LogP contribution in [0.25, 0.3) is 72.1 Å². The number of rotatable bonds is 11. The van der Waals surface area contributed by atoms with Gasteiger partial charge in [0.15, 0.2) is 0 Å². The van der Waals surface area contributed by atoms with Crippen LogP contribution in [0.15, 0.2) is 200 Å². The molecule has 5 nitrogen and oxygen atoms in total. The van der Waals surface area contributed by atoms with Gasteiger partial charge in [0, 0.05) is 72.5 Å². The molecule has 0 amide bonds. The van der Waals surface area contributed by atoms with Crippen molar-refractivity contribution in [3.05, 3.63) is 247 Å². The fourth-order valence-electron chi connectivity index (χ4n) is 11.0. The molecule has 3 heterocycles. The second-order valence-corrected chi connectivity index (χ2v) is 24.0. The van der Waals surface area contributed by atoms with Gasteiger partial charge in [-0.05, 0) is 133 Å². The van der Waals surface area contributed by atoms with E-state index in [2.05, 4.69) is 260 Å². The molecule has 2 aromatic heterocycles.